The summed E-state index contributed by atoms with van der Waals surface area (Å²) in [5.74, 6) is -0.626. The van der Waals surface area contributed by atoms with Crippen molar-refractivity contribution in [2.24, 2.45) is 7.05 Å². The third-order valence-electron chi connectivity index (χ3n) is 5.04. The lowest BCUT2D eigenvalue weighted by Gasteiger charge is -2.17. The van der Waals surface area contributed by atoms with Crippen molar-refractivity contribution in [1.82, 2.24) is 9.78 Å². The zero-order valence-corrected chi connectivity index (χ0v) is 20.6. The second kappa shape index (κ2) is 11.4. The number of nitrogens with one attached hydrogen (secondary N) is 1. The molecule has 3 aromatic rings. The molecule has 1 aromatic heterocycles. The molecule has 0 unspecified atom stereocenters. The van der Waals surface area contributed by atoms with Crippen LogP contribution in [0.1, 0.15) is 30.7 Å². The quantitative estimate of drug-likeness (QED) is 0.283. The van der Waals surface area contributed by atoms with Crippen molar-refractivity contribution in [1.29, 1.82) is 0 Å². The van der Waals surface area contributed by atoms with Crippen molar-refractivity contribution in [3.8, 4) is 11.3 Å². The summed E-state index contributed by atoms with van der Waals surface area (Å²) in [6.45, 7) is 6.00. The molecule has 2 aromatic carbocycles. The number of aryl methyl sites for hydroxylation is 2. The summed E-state index contributed by atoms with van der Waals surface area (Å²) in [6, 6.07) is 13.2. The molecule has 0 aliphatic heterocycles. The van der Waals surface area contributed by atoms with Gasteiger partial charge < -0.3 is 14.4 Å². The maximum absolute atomic E-state index is 13.3. The van der Waals surface area contributed by atoms with Gasteiger partial charge in [-0.05, 0) is 68.8 Å². The van der Waals surface area contributed by atoms with Crippen molar-refractivity contribution in [2.75, 3.05) is 18.5 Å². The molecule has 34 heavy (non-hydrogen) atoms. The number of aromatic nitrogens is 2. The summed E-state index contributed by atoms with van der Waals surface area (Å²) in [4.78, 5) is 12.5. The third-order valence-corrected chi connectivity index (χ3v) is 7.09. The smallest absolute Gasteiger partial charge is 0.323 e. The molecule has 0 spiro atoms. The van der Waals surface area contributed by atoms with Crippen LogP contribution in [0.5, 0.6) is 0 Å². The van der Waals surface area contributed by atoms with Crippen LogP contribution in [0.2, 0.25) is 0 Å². The molecule has 1 heterocycles. The molecule has 0 atom stereocenters. The van der Waals surface area contributed by atoms with Crippen LogP contribution in [0.25, 0.3) is 17.3 Å². The molecule has 180 valence electrons. The Balaban J connectivity index is 1.70. The van der Waals surface area contributed by atoms with Crippen molar-refractivity contribution >= 4 is 25.3 Å². The molecule has 0 aliphatic carbocycles. The van der Waals surface area contributed by atoms with Crippen LogP contribution in [0.15, 0.2) is 54.6 Å². The van der Waals surface area contributed by atoms with E-state index in [2.05, 4.69) is 10.4 Å². The number of hydrogen-bond acceptors (Lipinski definition) is 5. The van der Waals surface area contributed by atoms with E-state index < -0.39 is 7.60 Å². The van der Waals surface area contributed by atoms with E-state index in [1.165, 1.54) is 18.2 Å². The molecule has 0 radical (unpaired) electrons. The van der Waals surface area contributed by atoms with E-state index in [4.69, 9.17) is 9.05 Å². The standard InChI is InChI=1S/C25H29FN3O4P/c1-5-32-34(31,33-6-2)17-19-7-13-22(14-8-19)27-24(30)16-15-23-18(3)28-29(4)25(23)20-9-11-21(26)12-10-20/h7-16H,5-6,17H2,1-4H3,(H,27,30)/b16-15+. The van der Waals surface area contributed by atoms with Gasteiger partial charge in [0.05, 0.1) is 30.8 Å². The van der Waals surface area contributed by atoms with Crippen molar-refractivity contribution < 1.29 is 22.8 Å². The summed E-state index contributed by atoms with van der Waals surface area (Å²) in [6.07, 6.45) is 3.30. The summed E-state index contributed by atoms with van der Waals surface area (Å²) in [5, 5.41) is 7.24. The second-order valence-electron chi connectivity index (χ2n) is 7.60. The molecular formula is C25H29FN3O4P. The molecule has 3 rings (SSSR count). The third kappa shape index (κ3) is 6.50. The molecule has 7 nitrogen and oxygen atoms in total. The number of carbonyl (C=O) groups is 1. The highest BCUT2D eigenvalue weighted by molar-refractivity contribution is 7.53. The van der Waals surface area contributed by atoms with Gasteiger partial charge in [-0.25, -0.2) is 4.39 Å². The first-order valence-corrected chi connectivity index (χ1v) is 12.7. The molecule has 0 fully saturated rings. The molecule has 1 N–H and O–H groups in total. The van der Waals surface area contributed by atoms with Gasteiger partial charge in [0.25, 0.3) is 0 Å². The summed E-state index contributed by atoms with van der Waals surface area (Å²) in [7, 11) is -1.39. The Bertz CT molecular complexity index is 1190. The molecular weight excluding hydrogens is 456 g/mol. The van der Waals surface area contributed by atoms with Gasteiger partial charge in [0.15, 0.2) is 0 Å². The minimum Gasteiger partial charge on any atom is -0.323 e. The lowest BCUT2D eigenvalue weighted by molar-refractivity contribution is -0.111. The van der Waals surface area contributed by atoms with Gasteiger partial charge in [0, 0.05) is 29.9 Å². The van der Waals surface area contributed by atoms with E-state index >= 15 is 0 Å². The number of hydrogen-bond donors (Lipinski definition) is 1. The summed E-state index contributed by atoms with van der Waals surface area (Å²) < 4.78 is 38.4. The van der Waals surface area contributed by atoms with Gasteiger partial charge in [0.1, 0.15) is 5.82 Å². The fourth-order valence-corrected chi connectivity index (χ4v) is 5.31. The van der Waals surface area contributed by atoms with Crippen molar-refractivity contribution in [2.45, 2.75) is 26.9 Å². The fourth-order valence-electron chi connectivity index (χ4n) is 3.61. The minimum atomic E-state index is -3.19. The maximum atomic E-state index is 13.3. The molecule has 0 aliphatic rings. The second-order valence-corrected chi connectivity index (χ2v) is 9.66. The topological polar surface area (TPSA) is 82.5 Å². The van der Waals surface area contributed by atoms with E-state index in [1.807, 2.05) is 6.92 Å². The number of benzene rings is 2. The summed E-state index contributed by atoms with van der Waals surface area (Å²) in [5.41, 5.74) is 4.51. The molecule has 0 saturated carbocycles. The van der Waals surface area contributed by atoms with Gasteiger partial charge >= 0.3 is 7.60 Å². The van der Waals surface area contributed by atoms with E-state index in [0.717, 1.165) is 28.1 Å². The van der Waals surface area contributed by atoms with E-state index in [0.29, 0.717) is 18.9 Å². The first kappa shape index (κ1) is 25.6. The van der Waals surface area contributed by atoms with Gasteiger partial charge in [0.2, 0.25) is 5.91 Å². The van der Waals surface area contributed by atoms with Crippen LogP contribution < -0.4 is 5.32 Å². The predicted octanol–water partition coefficient (Wildman–Crippen LogP) is 5.95. The highest BCUT2D eigenvalue weighted by Crippen LogP contribution is 2.51. The van der Waals surface area contributed by atoms with E-state index in [-0.39, 0.29) is 17.9 Å². The Morgan fingerprint density at radius 2 is 1.71 bits per heavy atom. The van der Waals surface area contributed by atoms with Crippen LogP contribution in [-0.4, -0.2) is 28.9 Å². The van der Waals surface area contributed by atoms with Gasteiger partial charge in [-0.2, -0.15) is 5.10 Å². The summed E-state index contributed by atoms with van der Waals surface area (Å²) >= 11 is 0. The Hall–Kier alpha value is -3.06. The lowest BCUT2D eigenvalue weighted by Crippen LogP contribution is -2.07. The number of anilines is 1. The number of halogens is 1. The van der Waals surface area contributed by atoms with Gasteiger partial charge in [-0.3, -0.25) is 14.0 Å². The Morgan fingerprint density at radius 3 is 2.29 bits per heavy atom. The van der Waals surface area contributed by atoms with Crippen LogP contribution in [0.4, 0.5) is 10.1 Å². The Kier molecular flexibility index (Phi) is 8.56. The zero-order chi connectivity index (χ0) is 24.7. The Labute approximate surface area is 199 Å². The predicted molar refractivity (Wildman–Crippen MR) is 132 cm³/mol. The highest BCUT2D eigenvalue weighted by Gasteiger charge is 2.24. The largest absolute Gasteiger partial charge is 0.335 e. The first-order valence-electron chi connectivity index (χ1n) is 11.0. The molecule has 0 saturated heterocycles. The fraction of sp³-hybridized carbons (Fsp3) is 0.280. The van der Waals surface area contributed by atoms with Crippen LogP contribution in [0, 0.1) is 12.7 Å². The normalized spacial score (nSPS) is 11.8. The van der Waals surface area contributed by atoms with Crippen LogP contribution in [0.3, 0.4) is 0 Å². The zero-order valence-electron chi connectivity index (χ0n) is 19.7. The van der Waals surface area contributed by atoms with Crippen molar-refractivity contribution in [3.63, 3.8) is 0 Å². The Morgan fingerprint density at radius 1 is 1.09 bits per heavy atom. The van der Waals surface area contributed by atoms with Gasteiger partial charge in [-0.1, -0.05) is 12.1 Å². The van der Waals surface area contributed by atoms with Crippen LogP contribution >= 0.6 is 7.60 Å². The maximum Gasteiger partial charge on any atom is 0.335 e. The monoisotopic (exact) mass is 485 g/mol. The average Bonchev–Trinajstić information content (AvgIpc) is 3.07. The number of amides is 1. The molecule has 1 amide bonds. The van der Waals surface area contributed by atoms with Gasteiger partial charge in [-0.15, -0.1) is 0 Å². The minimum absolute atomic E-state index is 0.162. The number of rotatable bonds is 10. The van der Waals surface area contributed by atoms with E-state index in [9.17, 15) is 13.8 Å². The van der Waals surface area contributed by atoms with E-state index in [1.54, 1.807) is 68.1 Å². The van der Waals surface area contributed by atoms with Crippen molar-refractivity contribution in [3.05, 3.63) is 77.2 Å². The molecule has 0 bridgehead atoms. The molecule has 9 heteroatoms. The number of nitrogens with zero attached hydrogens (tertiary/aromatic N) is 2. The average molecular weight is 485 g/mol. The highest BCUT2D eigenvalue weighted by atomic mass is 31.2. The first-order chi connectivity index (χ1) is 16.2. The van der Waals surface area contributed by atoms with Crippen LogP contribution in [-0.2, 0) is 31.6 Å². The number of carbonyl (C=O) groups excluding carboxylic acids is 1. The SMILES string of the molecule is CCOP(=O)(Cc1ccc(NC(=O)/C=C/c2c(C)nn(C)c2-c2ccc(F)cc2)cc1)OCC. The lowest BCUT2D eigenvalue weighted by atomic mass is 10.1.